The normalized spacial score (nSPS) is 24.8. The van der Waals surface area contributed by atoms with E-state index in [4.69, 9.17) is 21.4 Å². The number of alkyl halides is 1. The minimum Gasteiger partial charge on any atom is -0.493 e. The lowest BCUT2D eigenvalue weighted by Crippen LogP contribution is -2.27. The van der Waals surface area contributed by atoms with Crippen LogP contribution < -0.4 is 4.74 Å². The first-order chi connectivity index (χ1) is 13.3. The molecule has 5 nitrogen and oxygen atoms in total. The van der Waals surface area contributed by atoms with Crippen LogP contribution in [0.1, 0.15) is 48.8 Å². The van der Waals surface area contributed by atoms with E-state index in [1.807, 2.05) is 38.1 Å². The first-order valence-corrected chi connectivity index (χ1v) is 10.3. The molecular weight excluding hydrogens is 380 g/mol. The lowest BCUT2D eigenvalue weighted by molar-refractivity contribution is -0.137. The molecule has 0 radical (unpaired) electrons. The molecule has 0 heterocycles. The molecule has 2 rings (SSSR count). The Labute approximate surface area is 172 Å². The van der Waals surface area contributed by atoms with Gasteiger partial charge in [0, 0.05) is 17.7 Å². The van der Waals surface area contributed by atoms with Crippen molar-refractivity contribution in [3.63, 3.8) is 0 Å². The summed E-state index contributed by atoms with van der Waals surface area (Å²) < 4.78 is 5.98. The molecule has 0 bridgehead atoms. The van der Waals surface area contributed by atoms with Crippen LogP contribution in [0.25, 0.3) is 0 Å². The molecule has 4 atom stereocenters. The highest BCUT2D eigenvalue weighted by Gasteiger charge is 2.41. The van der Waals surface area contributed by atoms with E-state index in [-0.39, 0.29) is 30.2 Å². The van der Waals surface area contributed by atoms with Gasteiger partial charge in [-0.1, -0.05) is 12.2 Å². The summed E-state index contributed by atoms with van der Waals surface area (Å²) in [6.07, 6.45) is 6.36. The number of benzene rings is 1. The summed E-state index contributed by atoms with van der Waals surface area (Å²) in [6, 6.07) is 3.82. The van der Waals surface area contributed by atoms with Crippen molar-refractivity contribution in [2.24, 2.45) is 11.8 Å². The Morgan fingerprint density at radius 1 is 1.25 bits per heavy atom. The third-order valence-electron chi connectivity index (χ3n) is 5.58. The van der Waals surface area contributed by atoms with Crippen LogP contribution in [-0.4, -0.2) is 39.4 Å². The third kappa shape index (κ3) is 6.23. The van der Waals surface area contributed by atoms with E-state index >= 15 is 0 Å². The lowest BCUT2D eigenvalue weighted by Gasteiger charge is -2.23. The molecular formula is C22H31ClO5. The molecule has 156 valence electrons. The Hall–Kier alpha value is -1.56. The molecule has 0 saturated heterocycles. The Kier molecular flexibility index (Phi) is 8.80. The van der Waals surface area contributed by atoms with Crippen molar-refractivity contribution in [2.75, 3.05) is 6.61 Å². The molecule has 1 aliphatic carbocycles. The quantitative estimate of drug-likeness (QED) is 0.308. The van der Waals surface area contributed by atoms with Crippen LogP contribution in [-0.2, 0) is 11.4 Å². The number of aryl methyl sites for hydroxylation is 2. The Morgan fingerprint density at radius 3 is 2.54 bits per heavy atom. The maximum absolute atomic E-state index is 10.5. The second-order valence-electron chi connectivity index (χ2n) is 7.64. The van der Waals surface area contributed by atoms with Gasteiger partial charge in [-0.25, -0.2) is 0 Å². The highest BCUT2D eigenvalue weighted by Crippen LogP contribution is 2.39. The number of aliphatic hydroxyl groups excluding tert-OH is 2. The van der Waals surface area contributed by atoms with Gasteiger partial charge in [-0.3, -0.25) is 4.79 Å². The number of hydrogen-bond donors (Lipinski definition) is 3. The summed E-state index contributed by atoms with van der Waals surface area (Å²) >= 11 is 6.47. The number of unbranched alkanes of at least 4 members (excludes halogenated alkanes) is 1. The number of hydrogen-bond acceptors (Lipinski definition) is 4. The number of aliphatic carboxylic acids is 1. The standard InChI is InChI=1S/C22H31ClO5/c1-14-9-16(10-15(2)18(14)12-24)28-13-19-17(20(23)11-21(19)25)7-5-3-4-6-8-22(26)27/h3,5,9-10,17,19-21,24-25H,4,6-8,11-13H2,1-2H3,(H,26,27)/t17-,19-,20-,21-/m1/s1. The third-order valence-corrected chi connectivity index (χ3v) is 6.08. The molecule has 1 saturated carbocycles. The number of aliphatic hydroxyl groups is 2. The van der Waals surface area contributed by atoms with Crippen LogP contribution in [0.2, 0.25) is 0 Å². The van der Waals surface area contributed by atoms with E-state index in [9.17, 15) is 15.0 Å². The van der Waals surface area contributed by atoms with Gasteiger partial charge in [-0.05, 0) is 74.3 Å². The number of halogens is 1. The molecule has 0 aromatic heterocycles. The first-order valence-electron chi connectivity index (χ1n) is 9.86. The second kappa shape index (κ2) is 10.8. The van der Waals surface area contributed by atoms with Gasteiger partial charge >= 0.3 is 5.97 Å². The molecule has 0 unspecified atom stereocenters. The van der Waals surface area contributed by atoms with E-state index in [1.54, 1.807) is 0 Å². The highest BCUT2D eigenvalue weighted by atomic mass is 35.5. The van der Waals surface area contributed by atoms with Gasteiger partial charge in [0.1, 0.15) is 5.75 Å². The van der Waals surface area contributed by atoms with Crippen LogP contribution in [0.15, 0.2) is 24.3 Å². The first kappa shape index (κ1) is 22.7. The maximum Gasteiger partial charge on any atom is 0.303 e. The second-order valence-corrected chi connectivity index (χ2v) is 8.21. The molecule has 28 heavy (non-hydrogen) atoms. The van der Waals surface area contributed by atoms with Gasteiger partial charge in [0.2, 0.25) is 0 Å². The van der Waals surface area contributed by atoms with Gasteiger partial charge in [0.25, 0.3) is 0 Å². The highest BCUT2D eigenvalue weighted by molar-refractivity contribution is 6.21. The number of allylic oxidation sites excluding steroid dienone is 2. The average Bonchev–Trinajstić information content (AvgIpc) is 2.88. The van der Waals surface area contributed by atoms with Crippen LogP contribution >= 0.6 is 11.6 Å². The average molecular weight is 411 g/mol. The largest absolute Gasteiger partial charge is 0.493 e. The predicted molar refractivity (Wildman–Crippen MR) is 110 cm³/mol. The zero-order valence-corrected chi connectivity index (χ0v) is 17.4. The Bertz CT molecular complexity index is 664. The number of carbonyl (C=O) groups is 1. The van der Waals surface area contributed by atoms with Crippen LogP contribution in [0.4, 0.5) is 0 Å². The molecule has 1 aliphatic rings. The molecule has 1 fully saturated rings. The van der Waals surface area contributed by atoms with Crippen molar-refractivity contribution in [1.29, 1.82) is 0 Å². The lowest BCUT2D eigenvalue weighted by atomic mass is 9.92. The molecule has 0 amide bonds. The van der Waals surface area contributed by atoms with E-state index in [0.29, 0.717) is 19.4 Å². The molecule has 6 heteroatoms. The molecule has 1 aromatic carbocycles. The monoisotopic (exact) mass is 410 g/mol. The molecule has 0 aliphatic heterocycles. The van der Waals surface area contributed by atoms with Crippen molar-refractivity contribution in [3.8, 4) is 5.75 Å². The molecule has 3 N–H and O–H groups in total. The molecule has 1 aromatic rings. The SMILES string of the molecule is Cc1cc(OC[C@@H]2[C@@H](CC=CCCCC(=O)O)[C@H](Cl)C[C@H]2O)cc(C)c1CO. The van der Waals surface area contributed by atoms with Crippen molar-refractivity contribution in [2.45, 2.75) is 64.0 Å². The smallest absolute Gasteiger partial charge is 0.303 e. The van der Waals surface area contributed by atoms with Gasteiger partial charge in [0.15, 0.2) is 0 Å². The Morgan fingerprint density at radius 2 is 1.93 bits per heavy atom. The van der Waals surface area contributed by atoms with E-state index in [1.165, 1.54) is 0 Å². The van der Waals surface area contributed by atoms with E-state index < -0.39 is 12.1 Å². The van der Waals surface area contributed by atoms with Crippen LogP contribution in [0.3, 0.4) is 0 Å². The van der Waals surface area contributed by atoms with E-state index in [0.717, 1.165) is 35.3 Å². The fourth-order valence-corrected chi connectivity index (χ4v) is 4.38. The van der Waals surface area contributed by atoms with Gasteiger partial charge in [-0.15, -0.1) is 11.6 Å². The fraction of sp³-hybridized carbons (Fsp3) is 0.591. The summed E-state index contributed by atoms with van der Waals surface area (Å²) in [4.78, 5) is 10.5. The Balaban J connectivity index is 1.93. The van der Waals surface area contributed by atoms with Gasteiger partial charge in [-0.2, -0.15) is 0 Å². The van der Waals surface area contributed by atoms with E-state index in [2.05, 4.69) is 0 Å². The van der Waals surface area contributed by atoms with Gasteiger partial charge in [0.05, 0.1) is 19.3 Å². The summed E-state index contributed by atoms with van der Waals surface area (Å²) in [5.74, 6) is 0.0267. The number of rotatable bonds is 10. The fourth-order valence-electron chi connectivity index (χ4n) is 3.91. The summed E-state index contributed by atoms with van der Waals surface area (Å²) in [5.41, 5.74) is 2.89. The minimum absolute atomic E-state index is 0.00802. The summed E-state index contributed by atoms with van der Waals surface area (Å²) in [7, 11) is 0. The molecule has 0 spiro atoms. The topological polar surface area (TPSA) is 87.0 Å². The number of ether oxygens (including phenoxy) is 1. The van der Waals surface area contributed by atoms with Gasteiger partial charge < -0.3 is 20.1 Å². The van der Waals surface area contributed by atoms with Crippen molar-refractivity contribution in [3.05, 3.63) is 41.0 Å². The summed E-state index contributed by atoms with van der Waals surface area (Å²) in [5, 5.41) is 28.4. The van der Waals surface area contributed by atoms with Crippen molar-refractivity contribution >= 4 is 17.6 Å². The van der Waals surface area contributed by atoms with Crippen molar-refractivity contribution < 1.29 is 24.9 Å². The minimum atomic E-state index is -0.775. The van der Waals surface area contributed by atoms with Crippen LogP contribution in [0, 0.1) is 25.7 Å². The number of carboxylic acid groups (broad SMARTS) is 1. The summed E-state index contributed by atoms with van der Waals surface area (Å²) in [6.45, 7) is 4.29. The zero-order chi connectivity index (χ0) is 20.7. The number of carboxylic acids is 1. The zero-order valence-electron chi connectivity index (χ0n) is 16.6. The van der Waals surface area contributed by atoms with Crippen molar-refractivity contribution in [1.82, 2.24) is 0 Å². The maximum atomic E-state index is 10.5. The predicted octanol–water partition coefficient (Wildman–Crippen LogP) is 3.98. The van der Waals surface area contributed by atoms with Crippen LogP contribution in [0.5, 0.6) is 5.75 Å².